The van der Waals surface area contributed by atoms with Gasteiger partial charge in [0.25, 0.3) is 0 Å². The number of primary amides is 1. The van der Waals surface area contributed by atoms with E-state index in [2.05, 4.69) is 0 Å². The first kappa shape index (κ1) is 14.7. The number of rotatable bonds is 5. The van der Waals surface area contributed by atoms with Crippen LogP contribution in [0.15, 0.2) is 24.3 Å². The number of ether oxygens (including phenoxy) is 1. The molecule has 1 aromatic rings. The highest BCUT2D eigenvalue weighted by Gasteiger charge is 2.27. The number of benzene rings is 1. The molecule has 0 aliphatic carbocycles. The highest BCUT2D eigenvalue weighted by Crippen LogP contribution is 2.10. The lowest BCUT2D eigenvalue weighted by atomic mass is 10.1. The number of hydrogen-bond acceptors (Lipinski definition) is 4. The van der Waals surface area contributed by atoms with Crippen LogP contribution in [0.25, 0.3) is 0 Å². The van der Waals surface area contributed by atoms with Crippen LogP contribution in [0.1, 0.15) is 22.3 Å². The molecule has 20 heavy (non-hydrogen) atoms. The third-order valence-corrected chi connectivity index (χ3v) is 3.57. The topological polar surface area (TPSA) is 72.6 Å². The van der Waals surface area contributed by atoms with Gasteiger partial charge in [-0.1, -0.05) is 29.8 Å². The number of Topliss-reactive ketones (excluding diaryl/α,β-unsaturated/α-hetero) is 1. The molecule has 0 bridgehead atoms. The van der Waals surface area contributed by atoms with E-state index >= 15 is 0 Å². The van der Waals surface area contributed by atoms with Crippen LogP contribution in [0.2, 0.25) is 0 Å². The Hall–Kier alpha value is -1.72. The molecule has 1 aliphatic heterocycles. The van der Waals surface area contributed by atoms with Crippen molar-refractivity contribution >= 4 is 11.7 Å². The molecule has 5 heteroatoms. The Bertz CT molecular complexity index is 484. The van der Waals surface area contributed by atoms with E-state index in [4.69, 9.17) is 10.5 Å². The monoisotopic (exact) mass is 276 g/mol. The van der Waals surface area contributed by atoms with Gasteiger partial charge in [0.2, 0.25) is 5.91 Å². The number of amides is 1. The number of nitrogens with two attached hydrogens (primary N) is 1. The van der Waals surface area contributed by atoms with Crippen LogP contribution in [-0.2, 0) is 9.53 Å². The summed E-state index contributed by atoms with van der Waals surface area (Å²) in [5.41, 5.74) is 7.18. The van der Waals surface area contributed by atoms with Crippen molar-refractivity contribution in [2.45, 2.75) is 19.4 Å². The van der Waals surface area contributed by atoms with Gasteiger partial charge in [0.15, 0.2) is 5.78 Å². The maximum absolute atomic E-state index is 12.1. The van der Waals surface area contributed by atoms with E-state index in [1.807, 2.05) is 36.1 Å². The molecule has 0 unspecified atom stereocenters. The largest absolute Gasteiger partial charge is 0.378 e. The van der Waals surface area contributed by atoms with Crippen molar-refractivity contribution in [3.8, 4) is 0 Å². The first-order valence-electron chi connectivity index (χ1n) is 6.79. The van der Waals surface area contributed by atoms with Crippen molar-refractivity contribution in [1.82, 2.24) is 4.90 Å². The van der Waals surface area contributed by atoms with Gasteiger partial charge in [0.1, 0.15) is 6.04 Å². The summed E-state index contributed by atoms with van der Waals surface area (Å²) >= 11 is 0. The fourth-order valence-electron chi connectivity index (χ4n) is 2.30. The molecular weight excluding hydrogens is 256 g/mol. The summed E-state index contributed by atoms with van der Waals surface area (Å²) < 4.78 is 5.25. The first-order chi connectivity index (χ1) is 9.58. The maximum atomic E-state index is 12.1. The zero-order valence-corrected chi connectivity index (χ0v) is 11.7. The van der Waals surface area contributed by atoms with Crippen LogP contribution in [0.5, 0.6) is 0 Å². The summed E-state index contributed by atoms with van der Waals surface area (Å²) in [4.78, 5) is 25.4. The number of aryl methyl sites for hydroxylation is 1. The van der Waals surface area contributed by atoms with E-state index in [1.54, 1.807) is 0 Å². The highest BCUT2D eigenvalue weighted by molar-refractivity contribution is 5.96. The van der Waals surface area contributed by atoms with E-state index in [-0.39, 0.29) is 5.78 Å². The van der Waals surface area contributed by atoms with E-state index in [9.17, 15) is 9.59 Å². The summed E-state index contributed by atoms with van der Waals surface area (Å²) in [6.07, 6.45) is 0.382. The number of carbonyl (C=O) groups excluding carboxylic acids is 2. The van der Waals surface area contributed by atoms with Gasteiger partial charge in [0, 0.05) is 25.1 Å². The van der Waals surface area contributed by atoms with Crippen molar-refractivity contribution in [3.05, 3.63) is 35.4 Å². The molecule has 2 rings (SSSR count). The molecule has 1 aromatic carbocycles. The summed E-state index contributed by atoms with van der Waals surface area (Å²) in [5.74, 6) is -0.313. The lowest BCUT2D eigenvalue weighted by Crippen LogP contribution is -2.52. The lowest BCUT2D eigenvalue weighted by molar-refractivity contribution is -0.129. The Labute approximate surface area is 118 Å². The molecule has 1 atom stereocenters. The van der Waals surface area contributed by atoms with Crippen molar-refractivity contribution < 1.29 is 14.3 Å². The highest BCUT2D eigenvalue weighted by atomic mass is 16.5. The summed E-state index contributed by atoms with van der Waals surface area (Å²) in [7, 11) is 0. The van der Waals surface area contributed by atoms with Gasteiger partial charge in [-0.3, -0.25) is 14.5 Å². The second kappa shape index (κ2) is 6.63. The van der Waals surface area contributed by atoms with Gasteiger partial charge in [0.05, 0.1) is 13.2 Å². The molecule has 2 N–H and O–H groups in total. The van der Waals surface area contributed by atoms with Gasteiger partial charge in [-0.25, -0.2) is 0 Å². The fraction of sp³-hybridized carbons (Fsp3) is 0.467. The smallest absolute Gasteiger partial charge is 0.237 e. The van der Waals surface area contributed by atoms with Crippen LogP contribution in [-0.4, -0.2) is 48.9 Å². The predicted octanol–water partition coefficient (Wildman–Crippen LogP) is 0.754. The number of morpholine rings is 1. The van der Waals surface area contributed by atoms with Crippen LogP contribution < -0.4 is 5.73 Å². The second-order valence-corrected chi connectivity index (χ2v) is 5.07. The fourth-order valence-corrected chi connectivity index (χ4v) is 2.30. The van der Waals surface area contributed by atoms with E-state index in [0.29, 0.717) is 38.3 Å². The van der Waals surface area contributed by atoms with Gasteiger partial charge in [-0.2, -0.15) is 0 Å². The molecule has 0 saturated carbocycles. The van der Waals surface area contributed by atoms with Gasteiger partial charge in [-0.05, 0) is 6.92 Å². The average molecular weight is 276 g/mol. The van der Waals surface area contributed by atoms with Crippen molar-refractivity contribution in [2.75, 3.05) is 26.3 Å². The number of hydrogen-bond donors (Lipinski definition) is 1. The Morgan fingerprint density at radius 2 is 2.05 bits per heavy atom. The molecule has 0 radical (unpaired) electrons. The zero-order chi connectivity index (χ0) is 14.5. The zero-order valence-electron chi connectivity index (χ0n) is 11.7. The standard InChI is InChI=1S/C15H20N2O3/c1-11-2-4-12(5-3-11)14(18)6-7-17-8-9-20-10-13(17)15(16)19/h2-5,13H,6-10H2,1H3,(H2,16,19)/t13-/m1/s1. The molecule has 1 saturated heterocycles. The minimum atomic E-state index is -0.422. The molecule has 1 aliphatic rings. The molecule has 1 amide bonds. The Kier molecular flexibility index (Phi) is 4.87. The molecule has 108 valence electrons. The first-order valence-corrected chi connectivity index (χ1v) is 6.79. The third kappa shape index (κ3) is 3.65. The summed E-state index contributed by atoms with van der Waals surface area (Å²) in [6, 6.07) is 7.10. The Balaban J connectivity index is 1.91. The normalized spacial score (nSPS) is 19.8. The van der Waals surface area contributed by atoms with Crippen LogP contribution in [0.3, 0.4) is 0 Å². The van der Waals surface area contributed by atoms with Crippen molar-refractivity contribution in [3.63, 3.8) is 0 Å². The SMILES string of the molecule is Cc1ccc(C(=O)CCN2CCOC[C@@H]2C(N)=O)cc1. The summed E-state index contributed by atoms with van der Waals surface area (Å²) in [6.45, 7) is 4.04. The summed E-state index contributed by atoms with van der Waals surface area (Å²) in [5, 5.41) is 0. The number of ketones is 1. The molecule has 1 heterocycles. The maximum Gasteiger partial charge on any atom is 0.237 e. The van der Waals surface area contributed by atoms with E-state index < -0.39 is 11.9 Å². The molecule has 5 nitrogen and oxygen atoms in total. The van der Waals surface area contributed by atoms with Gasteiger partial charge in [-0.15, -0.1) is 0 Å². The quantitative estimate of drug-likeness (QED) is 0.806. The molecule has 1 fully saturated rings. The minimum absolute atomic E-state index is 0.0831. The Morgan fingerprint density at radius 1 is 1.35 bits per heavy atom. The number of carbonyl (C=O) groups is 2. The predicted molar refractivity (Wildman–Crippen MR) is 75.5 cm³/mol. The average Bonchev–Trinajstić information content (AvgIpc) is 2.45. The van der Waals surface area contributed by atoms with Gasteiger partial charge < -0.3 is 10.5 Å². The second-order valence-electron chi connectivity index (χ2n) is 5.07. The lowest BCUT2D eigenvalue weighted by Gasteiger charge is -2.33. The van der Waals surface area contributed by atoms with Gasteiger partial charge >= 0.3 is 0 Å². The third-order valence-electron chi connectivity index (χ3n) is 3.57. The van der Waals surface area contributed by atoms with Crippen LogP contribution in [0.4, 0.5) is 0 Å². The van der Waals surface area contributed by atoms with E-state index in [0.717, 1.165) is 5.56 Å². The number of nitrogens with zero attached hydrogens (tertiary/aromatic N) is 1. The van der Waals surface area contributed by atoms with Crippen molar-refractivity contribution in [1.29, 1.82) is 0 Å². The molecule has 0 aromatic heterocycles. The van der Waals surface area contributed by atoms with Crippen LogP contribution in [0, 0.1) is 6.92 Å². The molecule has 0 spiro atoms. The molecular formula is C15H20N2O3. The van der Waals surface area contributed by atoms with Crippen LogP contribution >= 0.6 is 0 Å². The minimum Gasteiger partial charge on any atom is -0.378 e. The Morgan fingerprint density at radius 3 is 2.70 bits per heavy atom. The van der Waals surface area contributed by atoms with E-state index in [1.165, 1.54) is 0 Å². The van der Waals surface area contributed by atoms with Crippen molar-refractivity contribution in [2.24, 2.45) is 5.73 Å².